The van der Waals surface area contributed by atoms with Gasteiger partial charge in [0.1, 0.15) is 0 Å². The standard InChI is InChI=1S/C9H20N2O/c1-7(2)9(3-4-12)11-8-5-10-6-8/h7-12H,3-6H2,1-2H3. The van der Waals surface area contributed by atoms with Gasteiger partial charge in [0, 0.05) is 31.8 Å². The Hall–Kier alpha value is -0.120. The fourth-order valence-electron chi connectivity index (χ4n) is 1.46. The van der Waals surface area contributed by atoms with Crippen LogP contribution in [0.4, 0.5) is 0 Å². The fraction of sp³-hybridized carbons (Fsp3) is 1.00. The van der Waals surface area contributed by atoms with Gasteiger partial charge in [0.25, 0.3) is 0 Å². The van der Waals surface area contributed by atoms with Gasteiger partial charge in [-0.15, -0.1) is 0 Å². The van der Waals surface area contributed by atoms with E-state index in [1.54, 1.807) is 0 Å². The van der Waals surface area contributed by atoms with Crippen LogP contribution >= 0.6 is 0 Å². The number of hydrogen-bond acceptors (Lipinski definition) is 3. The Kier molecular flexibility index (Phi) is 3.98. The summed E-state index contributed by atoms with van der Waals surface area (Å²) < 4.78 is 0. The number of rotatable bonds is 5. The quantitative estimate of drug-likeness (QED) is 0.545. The topological polar surface area (TPSA) is 44.3 Å². The molecule has 0 radical (unpaired) electrons. The van der Waals surface area contributed by atoms with Crippen LogP contribution in [-0.2, 0) is 0 Å². The molecule has 0 bridgehead atoms. The Bertz CT molecular complexity index is 124. The Labute approximate surface area is 74.5 Å². The van der Waals surface area contributed by atoms with Crippen molar-refractivity contribution < 1.29 is 5.11 Å². The van der Waals surface area contributed by atoms with Gasteiger partial charge in [0.05, 0.1) is 0 Å². The van der Waals surface area contributed by atoms with Crippen molar-refractivity contribution in [3.8, 4) is 0 Å². The molecule has 0 amide bonds. The van der Waals surface area contributed by atoms with Crippen LogP contribution in [0.1, 0.15) is 20.3 Å². The molecule has 3 heteroatoms. The van der Waals surface area contributed by atoms with Crippen LogP contribution < -0.4 is 10.6 Å². The van der Waals surface area contributed by atoms with Crippen LogP contribution in [-0.4, -0.2) is 36.9 Å². The van der Waals surface area contributed by atoms with E-state index in [2.05, 4.69) is 24.5 Å². The highest BCUT2D eigenvalue weighted by molar-refractivity contribution is 4.85. The minimum absolute atomic E-state index is 0.288. The minimum Gasteiger partial charge on any atom is -0.396 e. The number of hydrogen-bond donors (Lipinski definition) is 3. The summed E-state index contributed by atoms with van der Waals surface area (Å²) in [6, 6.07) is 1.10. The molecule has 1 aliphatic heterocycles. The second kappa shape index (κ2) is 4.80. The van der Waals surface area contributed by atoms with Gasteiger partial charge >= 0.3 is 0 Å². The van der Waals surface area contributed by atoms with Crippen molar-refractivity contribution in [3.63, 3.8) is 0 Å². The molecule has 3 nitrogen and oxygen atoms in total. The van der Waals surface area contributed by atoms with E-state index >= 15 is 0 Å². The van der Waals surface area contributed by atoms with E-state index in [0.29, 0.717) is 18.0 Å². The summed E-state index contributed by atoms with van der Waals surface area (Å²) in [6.45, 7) is 6.83. The van der Waals surface area contributed by atoms with Crippen LogP contribution in [0.25, 0.3) is 0 Å². The summed E-state index contributed by atoms with van der Waals surface area (Å²) in [7, 11) is 0. The molecule has 0 saturated carbocycles. The molecule has 0 aromatic carbocycles. The molecular formula is C9H20N2O. The zero-order valence-corrected chi connectivity index (χ0v) is 8.01. The lowest BCUT2D eigenvalue weighted by Crippen LogP contribution is -2.59. The van der Waals surface area contributed by atoms with Crippen molar-refractivity contribution in [1.82, 2.24) is 10.6 Å². The van der Waals surface area contributed by atoms with Gasteiger partial charge in [-0.3, -0.25) is 0 Å². The highest BCUT2D eigenvalue weighted by Gasteiger charge is 2.21. The summed E-state index contributed by atoms with van der Waals surface area (Å²) >= 11 is 0. The summed E-state index contributed by atoms with van der Waals surface area (Å²) in [5.74, 6) is 0.609. The van der Waals surface area contributed by atoms with Crippen molar-refractivity contribution in [3.05, 3.63) is 0 Å². The van der Waals surface area contributed by atoms with Crippen LogP contribution in [0.15, 0.2) is 0 Å². The highest BCUT2D eigenvalue weighted by Crippen LogP contribution is 2.07. The maximum atomic E-state index is 8.83. The van der Waals surface area contributed by atoms with Crippen LogP contribution in [0.5, 0.6) is 0 Å². The fourth-order valence-corrected chi connectivity index (χ4v) is 1.46. The number of aliphatic hydroxyl groups excluding tert-OH is 1. The average molecular weight is 172 g/mol. The van der Waals surface area contributed by atoms with E-state index in [-0.39, 0.29) is 6.61 Å². The van der Waals surface area contributed by atoms with Crippen molar-refractivity contribution >= 4 is 0 Å². The summed E-state index contributed by atoms with van der Waals surface area (Å²) in [4.78, 5) is 0. The Balaban J connectivity index is 2.21. The molecule has 0 aromatic heterocycles. The molecule has 1 heterocycles. The first-order valence-electron chi connectivity index (χ1n) is 4.81. The molecule has 1 unspecified atom stereocenters. The smallest absolute Gasteiger partial charge is 0.0445 e. The molecule has 3 N–H and O–H groups in total. The summed E-state index contributed by atoms with van der Waals surface area (Å²) in [6.07, 6.45) is 0.869. The number of nitrogens with one attached hydrogen (secondary N) is 2. The van der Waals surface area contributed by atoms with E-state index in [0.717, 1.165) is 19.5 Å². The van der Waals surface area contributed by atoms with E-state index < -0.39 is 0 Å². The van der Waals surface area contributed by atoms with Gasteiger partial charge in [-0.25, -0.2) is 0 Å². The van der Waals surface area contributed by atoms with Gasteiger partial charge in [-0.05, 0) is 12.3 Å². The normalized spacial score (nSPS) is 21.0. The molecule has 1 rings (SSSR count). The Morgan fingerprint density at radius 3 is 2.50 bits per heavy atom. The van der Waals surface area contributed by atoms with Crippen molar-refractivity contribution in [2.24, 2.45) is 5.92 Å². The molecule has 1 atom stereocenters. The first-order valence-corrected chi connectivity index (χ1v) is 4.81. The van der Waals surface area contributed by atoms with Crippen molar-refractivity contribution in [1.29, 1.82) is 0 Å². The van der Waals surface area contributed by atoms with E-state index in [1.807, 2.05) is 0 Å². The third kappa shape index (κ3) is 2.73. The Morgan fingerprint density at radius 1 is 1.50 bits per heavy atom. The maximum absolute atomic E-state index is 8.83. The van der Waals surface area contributed by atoms with Crippen LogP contribution in [0.2, 0.25) is 0 Å². The SMILES string of the molecule is CC(C)C(CCO)NC1CNC1. The summed E-state index contributed by atoms with van der Waals surface area (Å²) in [5, 5.41) is 15.6. The molecule has 0 aromatic rings. The molecule has 72 valence electrons. The van der Waals surface area contributed by atoms with Gasteiger partial charge in [-0.2, -0.15) is 0 Å². The van der Waals surface area contributed by atoms with Gasteiger partial charge in [0.2, 0.25) is 0 Å². The van der Waals surface area contributed by atoms with E-state index in [4.69, 9.17) is 5.11 Å². The Morgan fingerprint density at radius 2 is 2.17 bits per heavy atom. The molecule has 1 aliphatic rings. The lowest BCUT2D eigenvalue weighted by Gasteiger charge is -2.34. The molecule has 1 saturated heterocycles. The lowest BCUT2D eigenvalue weighted by molar-refractivity contribution is 0.219. The monoisotopic (exact) mass is 172 g/mol. The third-order valence-corrected chi connectivity index (χ3v) is 2.48. The highest BCUT2D eigenvalue weighted by atomic mass is 16.3. The summed E-state index contributed by atoms with van der Waals surface area (Å²) in [5.41, 5.74) is 0. The van der Waals surface area contributed by atoms with Gasteiger partial charge < -0.3 is 15.7 Å². The lowest BCUT2D eigenvalue weighted by atomic mass is 9.99. The predicted octanol–water partition coefficient (Wildman–Crippen LogP) is -0.0452. The van der Waals surface area contributed by atoms with Crippen LogP contribution in [0.3, 0.4) is 0 Å². The maximum Gasteiger partial charge on any atom is 0.0445 e. The van der Waals surface area contributed by atoms with Crippen molar-refractivity contribution in [2.45, 2.75) is 32.4 Å². The zero-order valence-electron chi connectivity index (χ0n) is 8.01. The number of aliphatic hydroxyl groups is 1. The second-order valence-corrected chi connectivity index (χ2v) is 3.88. The largest absolute Gasteiger partial charge is 0.396 e. The molecular weight excluding hydrogens is 152 g/mol. The molecule has 12 heavy (non-hydrogen) atoms. The second-order valence-electron chi connectivity index (χ2n) is 3.88. The van der Waals surface area contributed by atoms with Gasteiger partial charge in [0.15, 0.2) is 0 Å². The molecule has 0 aliphatic carbocycles. The third-order valence-electron chi connectivity index (χ3n) is 2.48. The van der Waals surface area contributed by atoms with Crippen LogP contribution in [0, 0.1) is 5.92 Å². The first kappa shape index (κ1) is 9.96. The van der Waals surface area contributed by atoms with E-state index in [9.17, 15) is 0 Å². The zero-order chi connectivity index (χ0) is 8.97. The van der Waals surface area contributed by atoms with E-state index in [1.165, 1.54) is 0 Å². The molecule has 0 spiro atoms. The first-order chi connectivity index (χ1) is 5.74. The molecule has 1 fully saturated rings. The van der Waals surface area contributed by atoms with Gasteiger partial charge in [-0.1, -0.05) is 13.8 Å². The van der Waals surface area contributed by atoms with Crippen molar-refractivity contribution in [2.75, 3.05) is 19.7 Å². The average Bonchev–Trinajstić information content (AvgIpc) is 1.93. The predicted molar refractivity (Wildman–Crippen MR) is 50.1 cm³/mol. The minimum atomic E-state index is 0.288.